The molecule has 23 heavy (non-hydrogen) atoms. The molecule has 1 aromatic rings. The van der Waals surface area contributed by atoms with E-state index >= 15 is 0 Å². The van der Waals surface area contributed by atoms with Gasteiger partial charge in [0.25, 0.3) is 5.91 Å². The minimum atomic E-state index is -3.91. The van der Waals surface area contributed by atoms with Gasteiger partial charge in [-0.15, -0.1) is 0 Å². The van der Waals surface area contributed by atoms with Crippen LogP contribution in [0.25, 0.3) is 0 Å². The van der Waals surface area contributed by atoms with Crippen molar-refractivity contribution in [3.05, 3.63) is 28.2 Å². The third-order valence-corrected chi connectivity index (χ3v) is 5.39. The van der Waals surface area contributed by atoms with Gasteiger partial charge in [0.15, 0.2) is 0 Å². The van der Waals surface area contributed by atoms with Crippen molar-refractivity contribution in [2.75, 3.05) is 0 Å². The van der Waals surface area contributed by atoms with Crippen LogP contribution in [0.15, 0.2) is 27.6 Å². The predicted molar refractivity (Wildman–Crippen MR) is 87.7 cm³/mol. The Labute approximate surface area is 143 Å². The minimum absolute atomic E-state index is 0.0699. The summed E-state index contributed by atoms with van der Waals surface area (Å²) in [4.78, 5) is 24.0. The van der Waals surface area contributed by atoms with Gasteiger partial charge in [0.05, 0.1) is 10.5 Å². The van der Waals surface area contributed by atoms with Crippen molar-refractivity contribution in [3.63, 3.8) is 0 Å². The summed E-state index contributed by atoms with van der Waals surface area (Å²) in [6.45, 7) is 0. The molecule has 126 valence electrons. The van der Waals surface area contributed by atoms with Gasteiger partial charge < -0.3 is 0 Å². The van der Waals surface area contributed by atoms with Gasteiger partial charge >= 0.3 is 0 Å². The Bertz CT molecular complexity index is 715. The average Bonchev–Trinajstić information content (AvgIpc) is 2.52. The van der Waals surface area contributed by atoms with Crippen LogP contribution in [0.5, 0.6) is 0 Å². The first-order valence-electron chi connectivity index (χ1n) is 7.21. The lowest BCUT2D eigenvalue weighted by Crippen LogP contribution is -2.45. The van der Waals surface area contributed by atoms with E-state index in [0.29, 0.717) is 4.47 Å². The van der Waals surface area contributed by atoms with Crippen molar-refractivity contribution in [2.45, 2.75) is 37.0 Å². The quantitative estimate of drug-likeness (QED) is 0.661. The Kier molecular flexibility index (Phi) is 5.77. The first-order chi connectivity index (χ1) is 10.8. The van der Waals surface area contributed by atoms with Crippen LogP contribution < -0.4 is 16.0 Å². The summed E-state index contributed by atoms with van der Waals surface area (Å²) >= 11 is 3.17. The minimum Gasteiger partial charge on any atom is -0.273 e. The van der Waals surface area contributed by atoms with E-state index in [1.165, 1.54) is 12.1 Å². The molecule has 0 unspecified atom stereocenters. The van der Waals surface area contributed by atoms with Crippen LogP contribution in [0, 0.1) is 5.92 Å². The van der Waals surface area contributed by atoms with Crippen LogP contribution in [0.3, 0.4) is 0 Å². The third-order valence-electron chi connectivity index (χ3n) is 3.79. The number of rotatable bonds is 3. The van der Waals surface area contributed by atoms with Crippen molar-refractivity contribution in [3.8, 4) is 0 Å². The molecule has 4 N–H and O–H groups in total. The number of benzene rings is 1. The summed E-state index contributed by atoms with van der Waals surface area (Å²) in [5.41, 5.74) is 4.78. The molecule has 0 saturated heterocycles. The number of hydrazine groups is 1. The highest BCUT2D eigenvalue weighted by Gasteiger charge is 2.22. The van der Waals surface area contributed by atoms with Crippen LogP contribution in [-0.4, -0.2) is 20.2 Å². The van der Waals surface area contributed by atoms with Crippen LogP contribution >= 0.6 is 15.9 Å². The van der Waals surface area contributed by atoms with Crippen LogP contribution in [0.2, 0.25) is 0 Å². The normalized spacial score (nSPS) is 15.9. The van der Waals surface area contributed by atoms with E-state index in [4.69, 9.17) is 5.14 Å². The molecule has 1 fully saturated rings. The fourth-order valence-corrected chi connectivity index (χ4v) is 3.47. The zero-order chi connectivity index (χ0) is 17.0. The highest BCUT2D eigenvalue weighted by molar-refractivity contribution is 9.10. The predicted octanol–water partition coefficient (Wildman–Crippen LogP) is 1.44. The number of nitrogens with one attached hydrogen (secondary N) is 2. The molecule has 2 rings (SSSR count). The number of nitrogens with two attached hydrogens (primary N) is 1. The van der Waals surface area contributed by atoms with Gasteiger partial charge in [-0.1, -0.05) is 19.3 Å². The number of halogens is 1. The van der Waals surface area contributed by atoms with Gasteiger partial charge in [-0.2, -0.15) is 0 Å². The lowest BCUT2D eigenvalue weighted by molar-refractivity contribution is -0.126. The van der Waals surface area contributed by atoms with Gasteiger partial charge in [-0.25, -0.2) is 13.6 Å². The van der Waals surface area contributed by atoms with E-state index in [0.717, 1.165) is 38.2 Å². The monoisotopic (exact) mass is 403 g/mol. The number of primary sulfonamides is 1. The smallest absolute Gasteiger partial charge is 0.270 e. The summed E-state index contributed by atoms with van der Waals surface area (Å²) < 4.78 is 23.1. The molecular weight excluding hydrogens is 386 g/mol. The molecule has 0 aromatic heterocycles. The Morgan fingerprint density at radius 3 is 2.39 bits per heavy atom. The van der Waals surface area contributed by atoms with Gasteiger partial charge in [-0.3, -0.25) is 20.4 Å². The van der Waals surface area contributed by atoms with Crippen molar-refractivity contribution < 1.29 is 18.0 Å². The number of carbonyl (C=O) groups is 2. The molecule has 0 atom stereocenters. The molecule has 0 heterocycles. The maximum atomic E-state index is 12.1. The summed E-state index contributed by atoms with van der Waals surface area (Å²) in [6, 6.07) is 3.86. The van der Waals surface area contributed by atoms with Crippen LogP contribution in [0.4, 0.5) is 0 Å². The second-order valence-electron chi connectivity index (χ2n) is 5.46. The molecule has 1 aliphatic rings. The molecule has 7 nitrogen and oxygen atoms in total. The maximum Gasteiger partial charge on any atom is 0.270 e. The Balaban J connectivity index is 2.04. The van der Waals surface area contributed by atoms with E-state index in [9.17, 15) is 18.0 Å². The fourth-order valence-electron chi connectivity index (χ4n) is 2.51. The zero-order valence-electron chi connectivity index (χ0n) is 12.3. The fraction of sp³-hybridized carbons (Fsp3) is 0.429. The first-order valence-corrected chi connectivity index (χ1v) is 9.55. The van der Waals surface area contributed by atoms with Crippen molar-refractivity contribution >= 4 is 37.8 Å². The molecule has 2 amide bonds. The summed E-state index contributed by atoms with van der Waals surface area (Å²) in [7, 11) is -3.91. The van der Waals surface area contributed by atoms with Crippen LogP contribution in [0.1, 0.15) is 42.5 Å². The summed E-state index contributed by atoms with van der Waals surface area (Å²) in [5.74, 6) is -0.938. The summed E-state index contributed by atoms with van der Waals surface area (Å²) in [5, 5.41) is 5.05. The lowest BCUT2D eigenvalue weighted by Gasteiger charge is -2.20. The van der Waals surface area contributed by atoms with E-state index in [1.54, 1.807) is 0 Å². The molecule has 1 aromatic carbocycles. The number of carbonyl (C=O) groups excluding carboxylic acids is 2. The Morgan fingerprint density at radius 2 is 1.78 bits per heavy atom. The van der Waals surface area contributed by atoms with Crippen LogP contribution in [-0.2, 0) is 14.8 Å². The molecule has 0 radical (unpaired) electrons. The largest absolute Gasteiger partial charge is 0.273 e. The van der Waals surface area contributed by atoms with Crippen molar-refractivity contribution in [1.82, 2.24) is 10.9 Å². The molecule has 1 aliphatic carbocycles. The summed E-state index contributed by atoms with van der Waals surface area (Å²) in [6.07, 6.45) is 4.77. The second-order valence-corrected chi connectivity index (χ2v) is 7.88. The Morgan fingerprint density at radius 1 is 1.13 bits per heavy atom. The van der Waals surface area contributed by atoms with Gasteiger partial charge in [0.1, 0.15) is 0 Å². The van der Waals surface area contributed by atoms with E-state index in [1.807, 2.05) is 0 Å². The lowest BCUT2D eigenvalue weighted by atomic mass is 9.89. The topological polar surface area (TPSA) is 118 Å². The highest BCUT2D eigenvalue weighted by Crippen LogP contribution is 2.23. The van der Waals surface area contributed by atoms with Gasteiger partial charge in [-0.05, 0) is 47.0 Å². The molecule has 1 saturated carbocycles. The van der Waals surface area contributed by atoms with Crippen molar-refractivity contribution in [1.29, 1.82) is 0 Å². The number of hydrogen-bond acceptors (Lipinski definition) is 4. The molecule has 0 spiro atoms. The van der Waals surface area contributed by atoms with E-state index in [2.05, 4.69) is 26.8 Å². The number of amides is 2. The van der Waals surface area contributed by atoms with E-state index in [-0.39, 0.29) is 22.3 Å². The third kappa shape index (κ3) is 4.76. The standard InChI is InChI=1S/C14H18BrN3O4S/c15-12-7-6-10(23(16,21)22)8-11(12)14(20)18-17-13(19)9-4-2-1-3-5-9/h6-9H,1-5H2,(H,17,19)(H,18,20)(H2,16,21,22). The molecule has 0 aliphatic heterocycles. The zero-order valence-corrected chi connectivity index (χ0v) is 14.7. The van der Waals surface area contributed by atoms with E-state index < -0.39 is 15.9 Å². The average molecular weight is 404 g/mol. The van der Waals surface area contributed by atoms with Gasteiger partial charge in [0.2, 0.25) is 15.9 Å². The maximum absolute atomic E-state index is 12.1. The van der Waals surface area contributed by atoms with Gasteiger partial charge in [0, 0.05) is 10.4 Å². The number of hydrogen-bond donors (Lipinski definition) is 3. The molecule has 9 heteroatoms. The first kappa shape index (κ1) is 17.9. The SMILES string of the molecule is NS(=O)(=O)c1ccc(Br)c(C(=O)NNC(=O)C2CCCCC2)c1. The highest BCUT2D eigenvalue weighted by atomic mass is 79.9. The second kappa shape index (κ2) is 7.41. The molecule has 0 bridgehead atoms. The Hall–Kier alpha value is -1.45. The van der Waals surface area contributed by atoms with Crippen molar-refractivity contribution in [2.24, 2.45) is 11.1 Å². The number of sulfonamides is 1. The molecular formula is C14H18BrN3O4S.